The number of ether oxygens (including phenoxy) is 1. The van der Waals surface area contributed by atoms with Gasteiger partial charge in [-0.3, -0.25) is 16.7 Å². The van der Waals surface area contributed by atoms with E-state index in [0.29, 0.717) is 21.9 Å². The Labute approximate surface area is 421 Å². The Morgan fingerprint density at radius 1 is 0.404 bits per heavy atom. The highest BCUT2D eigenvalue weighted by Crippen LogP contribution is 2.84. The van der Waals surface area contributed by atoms with Crippen molar-refractivity contribution in [1.29, 1.82) is 0 Å². The van der Waals surface area contributed by atoms with E-state index < -0.39 is 88.6 Å². The third-order valence-corrected chi connectivity index (χ3v) is 28.1. The Balaban J connectivity index is 0.000000111. The predicted molar refractivity (Wildman–Crippen MR) is 232 cm³/mol. The molecule has 11 rings (SSSR count). The fraction of sp³-hybridized carbons (Fsp3) is 0.800. The van der Waals surface area contributed by atoms with Gasteiger partial charge in [-0.1, -0.05) is 139 Å². The minimum absolute atomic E-state index is 0.0107. The van der Waals surface area contributed by atoms with Gasteiger partial charge in [0.25, 0.3) is 0 Å². The second kappa shape index (κ2) is 14.3. The van der Waals surface area contributed by atoms with Gasteiger partial charge in [0.2, 0.25) is 0 Å². The number of rotatable bonds is 0. The van der Waals surface area contributed by atoms with Gasteiger partial charge in [-0.05, 0) is 30.1 Å². The van der Waals surface area contributed by atoms with E-state index in [2.05, 4.69) is 0 Å². The highest BCUT2D eigenvalue weighted by molar-refractivity contribution is 7.75. The lowest BCUT2D eigenvalue weighted by atomic mass is 9.73. The molecule has 0 radical (unpaired) electrons. The maximum absolute atomic E-state index is 11.3. The van der Waals surface area contributed by atoms with E-state index in [1.165, 1.54) is 0 Å². The minimum atomic E-state index is -1.86. The smallest absolute Gasteiger partial charge is 0.304 e. The molecule has 320 valence electrons. The number of halogens is 18. The van der Waals surface area contributed by atoms with Crippen LogP contribution in [-0.2, 0) is 44.2 Å². The molecule has 0 aromatic carbocycles. The Hall–Kier alpha value is 4.54. The summed E-state index contributed by atoms with van der Waals surface area (Å²) in [4.78, 5) is -7.73. The molecule has 0 N–H and O–H groups in total. The third-order valence-electron chi connectivity index (χ3n) is 13.8. The van der Waals surface area contributed by atoms with Crippen LogP contribution in [0, 0.1) is 47.3 Å². The summed E-state index contributed by atoms with van der Waals surface area (Å²) in [5.74, 6) is -1.05. The van der Waals surface area contributed by atoms with E-state index in [4.69, 9.17) is 230 Å². The molecule has 0 aromatic rings. The van der Waals surface area contributed by atoms with Gasteiger partial charge >= 0.3 is 22.7 Å². The van der Waals surface area contributed by atoms with E-state index in [-0.39, 0.29) is 70.6 Å². The van der Waals surface area contributed by atoms with Crippen LogP contribution in [0.4, 0.5) is 0 Å². The molecular weight excluding hydrogens is 1170 g/mol. The highest BCUT2D eigenvalue weighted by Gasteiger charge is 2.90. The lowest BCUT2D eigenvalue weighted by Crippen LogP contribution is -2.46. The van der Waals surface area contributed by atoms with Crippen molar-refractivity contribution in [3.05, 3.63) is 30.2 Å². The van der Waals surface area contributed by atoms with E-state index in [0.717, 1.165) is 6.42 Å². The van der Waals surface area contributed by atoms with Crippen LogP contribution >= 0.6 is 209 Å². The second-order valence-electron chi connectivity index (χ2n) is 15.5. The summed E-state index contributed by atoms with van der Waals surface area (Å²) in [6.07, 6.45) is 1.63. The molecule has 57 heavy (non-hydrogen) atoms. The summed E-state index contributed by atoms with van der Waals surface area (Å²) in [7, 11) is 0. The maximum atomic E-state index is 11.3. The van der Waals surface area contributed by atoms with Crippen molar-refractivity contribution in [2.24, 2.45) is 47.3 Å². The molecule has 8 aliphatic carbocycles. The fourth-order valence-corrected chi connectivity index (χ4v) is 21.6. The van der Waals surface area contributed by atoms with Crippen molar-refractivity contribution < 1.29 is 29.9 Å². The first-order chi connectivity index (χ1) is 26.1. The molecule has 11 aliphatic rings. The van der Waals surface area contributed by atoms with E-state index in [1.54, 1.807) is 0 Å². The van der Waals surface area contributed by atoms with Gasteiger partial charge in [0.1, 0.15) is 29.2 Å². The normalized spacial score (nSPS) is 57.0. The molecule has 12 unspecified atom stereocenters. The molecule has 3 heterocycles. The highest BCUT2D eigenvalue weighted by atomic mass is 35.5. The van der Waals surface area contributed by atoms with E-state index in [1.807, 2.05) is 0 Å². The topological polar surface area (TPSA) is 83.6 Å². The quantitative estimate of drug-likeness (QED) is 0.136. The standard InChI is InChI=1S/C12H8Cl6O.2C9H6Cl6O3S/c13-8-9(14)11(16)5-3-1-2(6-7(3)19-6)4(5)10(8,15)12(11,17)18;2*10-5-6(11)8(13)4-2-18-19(16)17-1-3(4)7(5,12)9(8,14)15/h2-7H,1H2;2*3-4H,1-2H2/t;3-,4+,7+,8-,19+;. The van der Waals surface area contributed by atoms with E-state index in [9.17, 15) is 8.42 Å². The van der Waals surface area contributed by atoms with Crippen LogP contribution in [0.1, 0.15) is 6.42 Å². The molecule has 8 bridgehead atoms. The number of alkyl halides is 12. The summed E-state index contributed by atoms with van der Waals surface area (Å²) in [5, 5.41) is 1.06. The van der Waals surface area contributed by atoms with Crippen molar-refractivity contribution in [1.82, 2.24) is 0 Å². The lowest BCUT2D eigenvalue weighted by Gasteiger charge is -2.38. The second-order valence-corrected chi connectivity index (χ2v) is 27.1. The summed E-state index contributed by atoms with van der Waals surface area (Å²) in [5.41, 5.74) is 0. The van der Waals surface area contributed by atoms with Crippen molar-refractivity contribution >= 4 is 232 Å². The number of epoxide rings is 1. The van der Waals surface area contributed by atoms with Crippen molar-refractivity contribution in [2.75, 3.05) is 26.4 Å². The Kier molecular flexibility index (Phi) is 11.7. The number of fused-ring (bicyclic) bond motifs is 22. The van der Waals surface area contributed by atoms with Crippen LogP contribution in [0.25, 0.3) is 0 Å². The summed E-state index contributed by atoms with van der Waals surface area (Å²) in [6.45, 7) is 0.0430. The van der Waals surface area contributed by atoms with Crippen LogP contribution < -0.4 is 0 Å². The summed E-state index contributed by atoms with van der Waals surface area (Å²) >= 11 is 112. The predicted octanol–water partition coefficient (Wildman–Crippen LogP) is 11.9. The number of hydrogen-bond donors (Lipinski definition) is 0. The molecule has 8 fully saturated rings. The van der Waals surface area contributed by atoms with Crippen molar-refractivity contribution in [2.45, 2.75) is 60.9 Å². The Bertz CT molecular complexity index is 1810. The minimum Gasteiger partial charge on any atom is -0.369 e. The van der Waals surface area contributed by atoms with Gasteiger partial charge in [-0.25, -0.2) is 0 Å². The Morgan fingerprint density at radius 3 is 0.895 bits per heavy atom. The SMILES string of the molecule is ClC1=C(Cl)C2(Cl)C3C4CC(C5OC45)C3C1(Cl)C2(Cl)Cl.O=S1OCC2C(CO1)C1(Cl)C(Cl)=C(Cl)C2(Cl)C1(Cl)Cl.O=[S@]1OC[C@@H]2[C@H](CO1)[C@@]1(Cl)C(Cl)=C(Cl)[C@]2(Cl)C1(Cl)Cl. The molecule has 17 atom stereocenters. The van der Waals surface area contributed by atoms with E-state index >= 15 is 0 Å². The average molecular weight is 1190 g/mol. The van der Waals surface area contributed by atoms with Crippen LogP contribution in [0.15, 0.2) is 30.2 Å². The zero-order valence-corrected chi connectivity index (χ0v) is 42.5. The van der Waals surface area contributed by atoms with Gasteiger partial charge in [0, 0.05) is 23.7 Å². The number of allylic oxidation sites excluding steroid dienone is 6. The van der Waals surface area contributed by atoms with Crippen molar-refractivity contribution in [3.8, 4) is 0 Å². The van der Waals surface area contributed by atoms with Gasteiger partial charge in [0.05, 0.1) is 68.8 Å². The lowest BCUT2D eigenvalue weighted by molar-refractivity contribution is 0.207. The van der Waals surface area contributed by atoms with Crippen LogP contribution in [0.5, 0.6) is 0 Å². The maximum Gasteiger partial charge on any atom is 0.304 e. The molecule has 3 saturated heterocycles. The Morgan fingerprint density at radius 2 is 0.632 bits per heavy atom. The molecule has 27 heteroatoms. The monoisotopic (exact) mass is 1190 g/mol. The molecule has 0 aromatic heterocycles. The van der Waals surface area contributed by atoms with Crippen LogP contribution in [-0.4, -0.2) is 89.3 Å². The average Bonchev–Trinajstić information content (AvgIpc) is 3.70. The number of hydrogen-bond acceptors (Lipinski definition) is 7. The summed E-state index contributed by atoms with van der Waals surface area (Å²) < 4.78 is 43.8. The molecule has 0 amide bonds. The van der Waals surface area contributed by atoms with Gasteiger partial charge in [-0.2, -0.15) is 8.42 Å². The van der Waals surface area contributed by atoms with Gasteiger partial charge < -0.3 is 4.74 Å². The van der Waals surface area contributed by atoms with Gasteiger partial charge in [-0.15, -0.1) is 69.6 Å². The molecule has 0 spiro atoms. The summed E-state index contributed by atoms with van der Waals surface area (Å²) in [6, 6.07) is 0. The van der Waals surface area contributed by atoms with Crippen molar-refractivity contribution in [3.63, 3.8) is 0 Å². The molecule has 3 aliphatic heterocycles. The van der Waals surface area contributed by atoms with Crippen LogP contribution in [0.2, 0.25) is 0 Å². The third kappa shape index (κ3) is 5.16. The zero-order valence-electron chi connectivity index (χ0n) is 27.3. The largest absolute Gasteiger partial charge is 0.369 e. The molecule has 7 nitrogen and oxygen atoms in total. The molecule has 5 saturated carbocycles. The molecular formula is C30H20Cl18O7S2. The van der Waals surface area contributed by atoms with Gasteiger partial charge in [0.15, 0.2) is 13.0 Å². The first kappa shape index (κ1) is 46.6. The first-order valence-electron chi connectivity index (χ1n) is 16.6. The zero-order chi connectivity index (χ0) is 42.0. The van der Waals surface area contributed by atoms with Crippen LogP contribution in [0.3, 0.4) is 0 Å². The fourth-order valence-electron chi connectivity index (χ4n) is 11.2. The first-order valence-corrected chi connectivity index (χ1v) is 25.4.